The molecule has 2 aromatic rings. The van der Waals surface area contributed by atoms with Gasteiger partial charge in [0.2, 0.25) is 21.8 Å². The van der Waals surface area contributed by atoms with Crippen molar-refractivity contribution in [2.24, 2.45) is 0 Å². The number of nitrogens with one attached hydrogen (secondary N) is 1. The van der Waals surface area contributed by atoms with E-state index in [-0.39, 0.29) is 23.9 Å². The predicted molar refractivity (Wildman–Crippen MR) is 147 cm³/mol. The van der Waals surface area contributed by atoms with E-state index in [1.807, 2.05) is 25.1 Å². The normalized spacial score (nSPS) is 11.5. The first-order valence-electron chi connectivity index (χ1n) is 11.9. The van der Waals surface area contributed by atoms with Gasteiger partial charge in [-0.1, -0.05) is 17.7 Å². The molecule has 0 atom stereocenters. The van der Waals surface area contributed by atoms with Gasteiger partial charge in [-0.2, -0.15) is 4.31 Å². The third-order valence-corrected chi connectivity index (χ3v) is 8.18. The van der Waals surface area contributed by atoms with Crippen molar-refractivity contribution in [2.45, 2.75) is 25.3 Å². The van der Waals surface area contributed by atoms with E-state index in [0.29, 0.717) is 34.3 Å². The molecule has 0 unspecified atom stereocenters. The molecule has 0 heterocycles. The first kappa shape index (κ1) is 31.4. The minimum absolute atomic E-state index is 0.122. The van der Waals surface area contributed by atoms with Crippen molar-refractivity contribution < 1.29 is 27.5 Å². The molecular formula is C26H37ClN4O6S. The van der Waals surface area contributed by atoms with E-state index in [4.69, 9.17) is 21.1 Å². The minimum atomic E-state index is -3.94. The third-order valence-electron chi connectivity index (χ3n) is 5.78. The molecule has 12 heteroatoms. The van der Waals surface area contributed by atoms with Crippen LogP contribution in [-0.4, -0.2) is 95.9 Å². The zero-order valence-electron chi connectivity index (χ0n) is 23.0. The van der Waals surface area contributed by atoms with Crippen molar-refractivity contribution in [1.82, 2.24) is 19.4 Å². The van der Waals surface area contributed by atoms with Crippen molar-refractivity contribution in [2.75, 3.05) is 61.5 Å². The van der Waals surface area contributed by atoms with Crippen LogP contribution in [-0.2, 0) is 26.2 Å². The second-order valence-electron chi connectivity index (χ2n) is 9.29. The lowest BCUT2D eigenvalue weighted by Gasteiger charge is -2.21. The molecule has 2 amide bonds. The molecule has 2 aromatic carbocycles. The summed E-state index contributed by atoms with van der Waals surface area (Å²) in [6, 6.07) is 8.57. The number of carbonyl (C=O) groups is 2. The van der Waals surface area contributed by atoms with Gasteiger partial charge in [-0.3, -0.25) is 9.59 Å². The largest absolute Gasteiger partial charge is 0.497 e. The smallest absolute Gasteiger partial charge is 0.243 e. The van der Waals surface area contributed by atoms with Gasteiger partial charge in [0, 0.05) is 27.2 Å². The van der Waals surface area contributed by atoms with Crippen LogP contribution in [0.25, 0.3) is 0 Å². The number of hydrogen-bond donors (Lipinski definition) is 1. The van der Waals surface area contributed by atoms with E-state index in [9.17, 15) is 18.0 Å². The van der Waals surface area contributed by atoms with Crippen molar-refractivity contribution in [3.8, 4) is 11.5 Å². The fourth-order valence-electron chi connectivity index (χ4n) is 3.70. The molecule has 0 aromatic heterocycles. The number of likely N-dealkylation sites (N-methyl/N-ethyl adjacent to an activating group) is 3. The van der Waals surface area contributed by atoms with Crippen LogP contribution in [0.5, 0.6) is 11.5 Å². The summed E-state index contributed by atoms with van der Waals surface area (Å²) in [5.41, 5.74) is 1.83. The highest BCUT2D eigenvalue weighted by Gasteiger charge is 2.27. The summed E-state index contributed by atoms with van der Waals surface area (Å²) in [5, 5.41) is 2.94. The van der Waals surface area contributed by atoms with Gasteiger partial charge in [-0.25, -0.2) is 8.42 Å². The number of benzene rings is 2. The van der Waals surface area contributed by atoms with Crippen LogP contribution in [0.4, 0.5) is 0 Å². The van der Waals surface area contributed by atoms with Crippen LogP contribution >= 0.6 is 11.6 Å². The Balaban J connectivity index is 1.91. The molecule has 0 fully saturated rings. The van der Waals surface area contributed by atoms with Gasteiger partial charge in [-0.15, -0.1) is 0 Å². The SMILES string of the molecule is COc1cc(C)c(S(=O)(=O)N(C)CC(=O)NCC(=O)N(C)Cc2ccc(OCCN(C)C)c(Cl)c2)c(C)c1. The lowest BCUT2D eigenvalue weighted by molar-refractivity contribution is -0.132. The highest BCUT2D eigenvalue weighted by molar-refractivity contribution is 7.89. The van der Waals surface area contributed by atoms with Gasteiger partial charge >= 0.3 is 0 Å². The monoisotopic (exact) mass is 568 g/mol. The summed E-state index contributed by atoms with van der Waals surface area (Å²) in [7, 11) is 4.40. The highest BCUT2D eigenvalue weighted by Crippen LogP contribution is 2.28. The molecular weight excluding hydrogens is 532 g/mol. The summed E-state index contributed by atoms with van der Waals surface area (Å²) in [4.78, 5) is 28.6. The lowest BCUT2D eigenvalue weighted by Crippen LogP contribution is -2.43. The van der Waals surface area contributed by atoms with Gasteiger partial charge in [0.25, 0.3) is 0 Å². The average molecular weight is 569 g/mol. The summed E-state index contributed by atoms with van der Waals surface area (Å²) in [5.74, 6) is 0.184. The summed E-state index contributed by atoms with van der Waals surface area (Å²) < 4.78 is 38.0. The lowest BCUT2D eigenvalue weighted by atomic mass is 10.1. The Morgan fingerprint density at radius 2 is 1.66 bits per heavy atom. The van der Waals surface area contributed by atoms with Gasteiger partial charge in [0.05, 0.1) is 30.1 Å². The fourth-order valence-corrected chi connectivity index (χ4v) is 5.49. The molecule has 0 bridgehead atoms. The van der Waals surface area contributed by atoms with E-state index >= 15 is 0 Å². The molecule has 0 aliphatic heterocycles. The fraction of sp³-hybridized carbons (Fsp3) is 0.462. The first-order chi connectivity index (χ1) is 17.8. The number of amides is 2. The molecule has 0 aliphatic rings. The quantitative estimate of drug-likeness (QED) is 0.395. The number of sulfonamides is 1. The van der Waals surface area contributed by atoms with Crippen molar-refractivity contribution in [3.05, 3.63) is 52.0 Å². The maximum absolute atomic E-state index is 13.1. The predicted octanol–water partition coefficient (Wildman–Crippen LogP) is 2.30. The Morgan fingerprint density at radius 3 is 2.21 bits per heavy atom. The zero-order valence-corrected chi connectivity index (χ0v) is 24.6. The Morgan fingerprint density at radius 1 is 1.03 bits per heavy atom. The van der Waals surface area contributed by atoms with Gasteiger partial charge in [0.15, 0.2) is 0 Å². The number of ether oxygens (including phenoxy) is 2. The first-order valence-corrected chi connectivity index (χ1v) is 13.8. The number of aryl methyl sites for hydroxylation is 2. The van der Waals surface area contributed by atoms with E-state index in [1.54, 1.807) is 45.2 Å². The molecule has 0 aliphatic carbocycles. The second kappa shape index (κ2) is 13.8. The molecule has 0 saturated heterocycles. The summed E-state index contributed by atoms with van der Waals surface area (Å²) in [6.07, 6.45) is 0. The van der Waals surface area contributed by atoms with Crippen LogP contribution in [0.2, 0.25) is 5.02 Å². The summed E-state index contributed by atoms with van der Waals surface area (Å²) in [6.45, 7) is 4.16. The molecule has 0 spiro atoms. The Hall–Kier alpha value is -2.86. The summed E-state index contributed by atoms with van der Waals surface area (Å²) >= 11 is 6.32. The van der Waals surface area contributed by atoms with Crippen LogP contribution < -0.4 is 14.8 Å². The van der Waals surface area contributed by atoms with Gasteiger partial charge in [-0.05, 0) is 68.9 Å². The Labute approximate surface area is 230 Å². The van der Waals surface area contributed by atoms with Crippen molar-refractivity contribution in [1.29, 1.82) is 0 Å². The maximum Gasteiger partial charge on any atom is 0.243 e. The van der Waals surface area contributed by atoms with Crippen molar-refractivity contribution in [3.63, 3.8) is 0 Å². The number of hydrogen-bond acceptors (Lipinski definition) is 7. The number of methoxy groups -OCH3 is 1. The van der Waals surface area contributed by atoms with Crippen molar-refractivity contribution >= 4 is 33.4 Å². The van der Waals surface area contributed by atoms with Crippen LogP contribution in [0.15, 0.2) is 35.2 Å². The van der Waals surface area contributed by atoms with Gasteiger partial charge < -0.3 is 24.6 Å². The van der Waals surface area contributed by atoms with E-state index in [1.165, 1.54) is 19.1 Å². The molecule has 2 rings (SSSR count). The van der Waals surface area contributed by atoms with Crippen LogP contribution in [0, 0.1) is 13.8 Å². The second-order valence-corrected chi connectivity index (χ2v) is 11.7. The highest BCUT2D eigenvalue weighted by atomic mass is 35.5. The standard InChI is InChI=1S/C26H37ClN4O6S/c1-18-12-21(36-7)13-19(2)26(18)38(34,35)31(6)17-24(32)28-15-25(33)30(5)16-20-8-9-23(22(27)14-20)37-11-10-29(3)4/h8-9,12-14H,10-11,15-17H2,1-7H3,(H,28,32). The third kappa shape index (κ3) is 8.59. The maximum atomic E-state index is 13.1. The van der Waals surface area contributed by atoms with E-state index in [2.05, 4.69) is 5.32 Å². The topological polar surface area (TPSA) is 108 Å². The Bertz CT molecular complexity index is 1230. The number of carbonyl (C=O) groups excluding carboxylic acids is 2. The average Bonchev–Trinajstić information content (AvgIpc) is 2.82. The van der Waals surface area contributed by atoms with Gasteiger partial charge in [0.1, 0.15) is 18.1 Å². The van der Waals surface area contributed by atoms with Crippen LogP contribution in [0.1, 0.15) is 16.7 Å². The zero-order chi connectivity index (χ0) is 28.6. The molecule has 38 heavy (non-hydrogen) atoms. The molecule has 10 nitrogen and oxygen atoms in total. The molecule has 210 valence electrons. The molecule has 0 saturated carbocycles. The number of rotatable bonds is 13. The number of nitrogens with zero attached hydrogens (tertiary/aromatic N) is 3. The Kier molecular flexibility index (Phi) is 11.4. The van der Waals surface area contributed by atoms with E-state index in [0.717, 1.165) is 16.4 Å². The van der Waals surface area contributed by atoms with Crippen LogP contribution in [0.3, 0.4) is 0 Å². The number of halogens is 1. The molecule has 1 N–H and O–H groups in total. The van der Waals surface area contributed by atoms with E-state index < -0.39 is 22.5 Å². The molecule has 0 radical (unpaired) electrons. The minimum Gasteiger partial charge on any atom is -0.497 e.